The van der Waals surface area contributed by atoms with Gasteiger partial charge < -0.3 is 13.9 Å². The minimum absolute atomic E-state index is 0.246. The summed E-state index contributed by atoms with van der Waals surface area (Å²) in [5, 5.41) is 0.246. The molecule has 4 heteroatoms. The number of benzene rings is 1. The first kappa shape index (κ1) is 17.2. The largest absolute Gasteiger partial charge is 0.413 e. The molecule has 0 bridgehead atoms. The molecular formula is C19H30O3Si. The Labute approximate surface area is 141 Å². The fourth-order valence-corrected chi connectivity index (χ4v) is 4.50. The summed E-state index contributed by atoms with van der Waals surface area (Å²) in [6.45, 7) is 13.0. The number of hydrogen-bond donors (Lipinski definition) is 0. The van der Waals surface area contributed by atoms with Crippen LogP contribution in [0, 0.1) is 5.92 Å². The van der Waals surface area contributed by atoms with Gasteiger partial charge in [-0.1, -0.05) is 51.1 Å². The molecule has 2 fully saturated rings. The zero-order valence-electron chi connectivity index (χ0n) is 15.0. The van der Waals surface area contributed by atoms with Gasteiger partial charge in [-0.25, -0.2) is 0 Å². The van der Waals surface area contributed by atoms with Gasteiger partial charge in [-0.2, -0.15) is 0 Å². The van der Waals surface area contributed by atoms with Crippen LogP contribution in [-0.2, 0) is 20.5 Å². The number of hydrogen-bond acceptors (Lipinski definition) is 3. The second-order valence-electron chi connectivity index (χ2n) is 8.46. The highest BCUT2D eigenvalue weighted by Crippen LogP contribution is 2.48. The average molecular weight is 335 g/mol. The molecule has 23 heavy (non-hydrogen) atoms. The maximum absolute atomic E-state index is 6.66. The molecular weight excluding hydrogens is 304 g/mol. The molecule has 1 heterocycles. The molecule has 0 spiro atoms. The smallest absolute Gasteiger partial charge is 0.192 e. The Bertz CT molecular complexity index is 523. The first-order valence-corrected chi connectivity index (χ1v) is 11.6. The van der Waals surface area contributed by atoms with E-state index in [0.29, 0.717) is 30.8 Å². The lowest BCUT2D eigenvalue weighted by Gasteiger charge is -2.40. The normalized spacial score (nSPS) is 30.3. The Kier molecular flexibility index (Phi) is 4.71. The summed E-state index contributed by atoms with van der Waals surface area (Å²) < 4.78 is 18.4. The van der Waals surface area contributed by atoms with Crippen molar-refractivity contribution in [2.45, 2.75) is 70.2 Å². The van der Waals surface area contributed by atoms with Crippen molar-refractivity contribution in [3.05, 3.63) is 35.9 Å². The molecule has 128 valence electrons. The second kappa shape index (κ2) is 6.32. The van der Waals surface area contributed by atoms with Crippen LogP contribution in [0.2, 0.25) is 18.1 Å². The van der Waals surface area contributed by atoms with Crippen molar-refractivity contribution in [3.8, 4) is 0 Å². The maximum atomic E-state index is 6.66. The molecule has 0 N–H and O–H groups in total. The van der Waals surface area contributed by atoms with Gasteiger partial charge in [0.1, 0.15) is 0 Å². The third-order valence-corrected chi connectivity index (χ3v) is 10.2. The Morgan fingerprint density at radius 1 is 1.17 bits per heavy atom. The van der Waals surface area contributed by atoms with E-state index in [9.17, 15) is 0 Å². The lowest BCUT2D eigenvalue weighted by molar-refractivity contribution is 0.0110. The summed E-state index contributed by atoms with van der Waals surface area (Å²) in [6.07, 6.45) is 2.11. The molecule has 0 radical (unpaired) electrons. The zero-order chi connectivity index (χ0) is 16.7. The molecule has 0 amide bonds. The zero-order valence-corrected chi connectivity index (χ0v) is 16.0. The SMILES string of the molecule is CC(C)(C)[Si](C)(C)O[C@H]1C[C@H]2O[C@H]2[C@@H]1COCc1ccccc1. The van der Waals surface area contributed by atoms with Crippen molar-refractivity contribution < 1.29 is 13.9 Å². The molecule has 2 aliphatic rings. The summed E-state index contributed by atoms with van der Waals surface area (Å²) in [4.78, 5) is 0. The average Bonchev–Trinajstić information content (AvgIpc) is 3.14. The van der Waals surface area contributed by atoms with Gasteiger partial charge >= 0.3 is 0 Å². The van der Waals surface area contributed by atoms with Crippen LogP contribution in [0.15, 0.2) is 30.3 Å². The van der Waals surface area contributed by atoms with Gasteiger partial charge in [-0.05, 0) is 23.7 Å². The van der Waals surface area contributed by atoms with Gasteiger partial charge in [0.2, 0.25) is 0 Å². The monoisotopic (exact) mass is 334 g/mol. The highest BCUT2D eigenvalue weighted by Gasteiger charge is 2.57. The first-order chi connectivity index (χ1) is 10.8. The molecule has 1 aliphatic carbocycles. The van der Waals surface area contributed by atoms with Crippen molar-refractivity contribution in [2.75, 3.05) is 6.61 Å². The minimum atomic E-state index is -1.74. The predicted molar refractivity (Wildman–Crippen MR) is 94.9 cm³/mol. The van der Waals surface area contributed by atoms with E-state index in [-0.39, 0.29) is 5.04 Å². The molecule has 3 nitrogen and oxygen atoms in total. The topological polar surface area (TPSA) is 31.0 Å². The van der Waals surface area contributed by atoms with Gasteiger partial charge in [0, 0.05) is 12.3 Å². The maximum Gasteiger partial charge on any atom is 0.192 e. The molecule has 1 aromatic rings. The third kappa shape index (κ3) is 3.87. The van der Waals surface area contributed by atoms with Crippen LogP contribution < -0.4 is 0 Å². The fraction of sp³-hybridized carbons (Fsp3) is 0.684. The van der Waals surface area contributed by atoms with Crippen LogP contribution in [0.5, 0.6) is 0 Å². The van der Waals surface area contributed by atoms with E-state index in [0.717, 1.165) is 13.0 Å². The van der Waals surface area contributed by atoms with E-state index in [1.54, 1.807) is 0 Å². The van der Waals surface area contributed by atoms with E-state index >= 15 is 0 Å². The standard InChI is InChI=1S/C19H30O3Si/c1-19(2,3)23(4,5)22-16-11-17-18(21-17)15(16)13-20-12-14-9-7-6-8-10-14/h6-10,15-18H,11-13H2,1-5H3/t15-,16+,17-,18+/m1/s1. The number of rotatable bonds is 6. The van der Waals surface area contributed by atoms with E-state index < -0.39 is 8.32 Å². The van der Waals surface area contributed by atoms with Crippen LogP contribution >= 0.6 is 0 Å². The van der Waals surface area contributed by atoms with Crippen LogP contribution in [0.25, 0.3) is 0 Å². The predicted octanol–water partition coefficient (Wildman–Crippen LogP) is 4.38. The van der Waals surface area contributed by atoms with Crippen molar-refractivity contribution >= 4 is 8.32 Å². The number of epoxide rings is 1. The van der Waals surface area contributed by atoms with Crippen molar-refractivity contribution in [1.29, 1.82) is 0 Å². The molecule has 3 rings (SSSR count). The van der Waals surface area contributed by atoms with Gasteiger partial charge in [-0.15, -0.1) is 0 Å². The Balaban J connectivity index is 1.55. The van der Waals surface area contributed by atoms with E-state index in [1.807, 2.05) is 6.07 Å². The summed E-state index contributed by atoms with van der Waals surface area (Å²) in [5.41, 5.74) is 1.22. The Hall–Kier alpha value is -0.683. The van der Waals surface area contributed by atoms with Gasteiger partial charge in [-0.3, -0.25) is 0 Å². The van der Waals surface area contributed by atoms with E-state index in [1.165, 1.54) is 5.56 Å². The van der Waals surface area contributed by atoms with Crippen LogP contribution in [0.1, 0.15) is 32.8 Å². The third-order valence-electron chi connectivity index (χ3n) is 5.66. The molecule has 0 unspecified atom stereocenters. The molecule has 1 aromatic carbocycles. The van der Waals surface area contributed by atoms with E-state index in [4.69, 9.17) is 13.9 Å². The molecule has 1 aliphatic heterocycles. The number of ether oxygens (including phenoxy) is 2. The van der Waals surface area contributed by atoms with Crippen LogP contribution in [0.4, 0.5) is 0 Å². The molecule has 1 saturated heterocycles. The highest BCUT2D eigenvalue weighted by molar-refractivity contribution is 6.74. The van der Waals surface area contributed by atoms with Gasteiger partial charge in [0.15, 0.2) is 8.32 Å². The van der Waals surface area contributed by atoms with Crippen LogP contribution in [0.3, 0.4) is 0 Å². The molecule has 0 aromatic heterocycles. The Morgan fingerprint density at radius 2 is 1.87 bits per heavy atom. The van der Waals surface area contributed by atoms with Crippen molar-refractivity contribution in [3.63, 3.8) is 0 Å². The minimum Gasteiger partial charge on any atom is -0.413 e. The molecule has 1 saturated carbocycles. The highest BCUT2D eigenvalue weighted by atomic mass is 28.4. The van der Waals surface area contributed by atoms with E-state index in [2.05, 4.69) is 58.1 Å². The quantitative estimate of drug-likeness (QED) is 0.571. The van der Waals surface area contributed by atoms with Gasteiger partial charge in [0.05, 0.1) is 31.5 Å². The first-order valence-electron chi connectivity index (χ1n) is 8.73. The van der Waals surface area contributed by atoms with Crippen molar-refractivity contribution in [1.82, 2.24) is 0 Å². The van der Waals surface area contributed by atoms with Crippen LogP contribution in [-0.4, -0.2) is 33.2 Å². The lowest BCUT2D eigenvalue weighted by Crippen LogP contribution is -2.46. The Morgan fingerprint density at radius 3 is 2.52 bits per heavy atom. The summed E-state index contributed by atoms with van der Waals surface area (Å²) in [6, 6.07) is 10.4. The molecule has 4 atom stereocenters. The van der Waals surface area contributed by atoms with Crippen molar-refractivity contribution in [2.24, 2.45) is 5.92 Å². The summed E-state index contributed by atoms with van der Waals surface area (Å²) in [5.74, 6) is 0.387. The number of fused-ring (bicyclic) bond motifs is 1. The second-order valence-corrected chi connectivity index (χ2v) is 13.2. The van der Waals surface area contributed by atoms with Gasteiger partial charge in [0.25, 0.3) is 0 Å². The fourth-order valence-electron chi connectivity index (χ4n) is 3.12. The lowest BCUT2D eigenvalue weighted by atomic mass is 10.1. The summed E-state index contributed by atoms with van der Waals surface area (Å²) in [7, 11) is -1.74. The summed E-state index contributed by atoms with van der Waals surface area (Å²) >= 11 is 0.